The van der Waals surface area contributed by atoms with Crippen molar-refractivity contribution in [1.82, 2.24) is 14.9 Å². The molecule has 18 heavy (non-hydrogen) atoms. The van der Waals surface area contributed by atoms with Crippen LogP contribution in [0.4, 0.5) is 0 Å². The molecule has 0 saturated carbocycles. The first-order chi connectivity index (χ1) is 8.45. The molecule has 0 bridgehead atoms. The highest BCUT2D eigenvalue weighted by Crippen LogP contribution is 1.94. The number of hydrogen-bond donors (Lipinski definition) is 2. The van der Waals surface area contributed by atoms with Crippen LogP contribution in [0.2, 0.25) is 0 Å². The largest absolute Gasteiger partial charge is 0.316 e. The molecule has 0 saturated heterocycles. The van der Waals surface area contributed by atoms with E-state index in [1.54, 1.807) is 0 Å². The molecule has 0 amide bonds. The second-order valence-electron chi connectivity index (χ2n) is 4.57. The molecule has 0 radical (unpaired) electrons. The Bertz CT molecular complexity index is 290. The minimum absolute atomic E-state index is 0.0407. The average Bonchev–Trinajstić information content (AvgIpc) is 2.31. The van der Waals surface area contributed by atoms with Crippen molar-refractivity contribution in [3.05, 3.63) is 0 Å². The average molecular weight is 279 g/mol. The number of likely N-dealkylation sites (N-methyl/N-ethyl adjacent to an activating group) is 1. The van der Waals surface area contributed by atoms with Gasteiger partial charge in [-0.15, -0.1) is 0 Å². The van der Waals surface area contributed by atoms with Gasteiger partial charge in [-0.05, 0) is 33.0 Å². The van der Waals surface area contributed by atoms with Crippen LogP contribution in [-0.4, -0.2) is 57.8 Å². The van der Waals surface area contributed by atoms with Crippen molar-refractivity contribution in [1.29, 1.82) is 0 Å². The maximum Gasteiger partial charge on any atom is 0.213 e. The van der Waals surface area contributed by atoms with Crippen LogP contribution in [0, 0.1) is 0 Å². The van der Waals surface area contributed by atoms with Crippen molar-refractivity contribution in [2.24, 2.45) is 0 Å². The van der Waals surface area contributed by atoms with Crippen LogP contribution in [0.5, 0.6) is 0 Å². The van der Waals surface area contributed by atoms with Gasteiger partial charge < -0.3 is 10.2 Å². The van der Waals surface area contributed by atoms with Crippen molar-refractivity contribution in [2.45, 2.75) is 40.2 Å². The zero-order valence-electron chi connectivity index (χ0n) is 12.2. The maximum atomic E-state index is 11.8. The van der Waals surface area contributed by atoms with Crippen molar-refractivity contribution < 1.29 is 8.42 Å². The summed E-state index contributed by atoms with van der Waals surface area (Å²) in [7, 11) is -3.16. The van der Waals surface area contributed by atoms with Gasteiger partial charge in [0.1, 0.15) is 0 Å². The van der Waals surface area contributed by atoms with E-state index in [-0.39, 0.29) is 11.8 Å². The van der Waals surface area contributed by atoms with E-state index in [1.807, 2.05) is 6.92 Å². The summed E-state index contributed by atoms with van der Waals surface area (Å²) in [5.41, 5.74) is 0. The number of sulfonamides is 1. The Labute approximate surface area is 112 Å². The number of hydrogen-bond acceptors (Lipinski definition) is 4. The van der Waals surface area contributed by atoms with Gasteiger partial charge in [-0.25, -0.2) is 13.1 Å². The lowest BCUT2D eigenvalue weighted by Gasteiger charge is -2.23. The maximum absolute atomic E-state index is 11.8. The fraction of sp³-hybridized carbons (Fsp3) is 1.00. The summed E-state index contributed by atoms with van der Waals surface area (Å²) in [6, 6.07) is -0.0407. The monoisotopic (exact) mass is 279 g/mol. The van der Waals surface area contributed by atoms with Gasteiger partial charge in [0.2, 0.25) is 10.0 Å². The summed E-state index contributed by atoms with van der Waals surface area (Å²) in [6.45, 7) is 12.2. The predicted molar refractivity (Wildman–Crippen MR) is 77.3 cm³/mol. The van der Waals surface area contributed by atoms with Crippen LogP contribution in [0.1, 0.15) is 34.1 Å². The quantitative estimate of drug-likeness (QED) is 0.545. The molecule has 0 aromatic rings. The summed E-state index contributed by atoms with van der Waals surface area (Å²) >= 11 is 0. The van der Waals surface area contributed by atoms with Crippen LogP contribution < -0.4 is 10.0 Å². The Morgan fingerprint density at radius 2 is 1.72 bits per heavy atom. The Hall–Kier alpha value is -0.170. The third kappa shape index (κ3) is 8.85. The Balaban J connectivity index is 3.99. The molecule has 0 aliphatic carbocycles. The van der Waals surface area contributed by atoms with E-state index in [4.69, 9.17) is 0 Å². The van der Waals surface area contributed by atoms with Gasteiger partial charge in [0.15, 0.2) is 0 Å². The molecule has 0 aliphatic heterocycles. The molecular formula is C12H29N3O2S. The van der Waals surface area contributed by atoms with Gasteiger partial charge in [-0.3, -0.25) is 0 Å². The summed E-state index contributed by atoms with van der Waals surface area (Å²) in [5, 5.41) is 3.10. The summed E-state index contributed by atoms with van der Waals surface area (Å²) in [6.07, 6.45) is 1.02. The first kappa shape index (κ1) is 17.8. The van der Waals surface area contributed by atoms with Crippen LogP contribution in [0.3, 0.4) is 0 Å². The van der Waals surface area contributed by atoms with E-state index in [0.717, 1.165) is 32.6 Å². The molecule has 0 spiro atoms. The minimum atomic E-state index is -3.16. The molecular weight excluding hydrogens is 250 g/mol. The third-order valence-corrected chi connectivity index (χ3v) is 4.28. The molecule has 0 aromatic carbocycles. The van der Waals surface area contributed by atoms with Gasteiger partial charge in [-0.1, -0.05) is 20.8 Å². The van der Waals surface area contributed by atoms with E-state index in [2.05, 4.69) is 35.7 Å². The fourth-order valence-electron chi connectivity index (χ4n) is 1.78. The lowest BCUT2D eigenvalue weighted by atomic mass is 10.3. The molecule has 6 heteroatoms. The van der Waals surface area contributed by atoms with Crippen LogP contribution >= 0.6 is 0 Å². The summed E-state index contributed by atoms with van der Waals surface area (Å²) in [4.78, 5) is 2.21. The molecule has 0 aromatic heterocycles. The fourth-order valence-corrected chi connectivity index (χ4v) is 3.00. The van der Waals surface area contributed by atoms with E-state index in [1.165, 1.54) is 0 Å². The van der Waals surface area contributed by atoms with Crippen molar-refractivity contribution in [3.8, 4) is 0 Å². The number of nitrogens with zero attached hydrogens (tertiary/aromatic N) is 1. The number of rotatable bonds is 11. The molecule has 110 valence electrons. The van der Waals surface area contributed by atoms with E-state index < -0.39 is 10.0 Å². The highest BCUT2D eigenvalue weighted by Gasteiger charge is 2.15. The van der Waals surface area contributed by atoms with Crippen molar-refractivity contribution in [2.75, 3.05) is 38.5 Å². The highest BCUT2D eigenvalue weighted by molar-refractivity contribution is 7.89. The zero-order valence-corrected chi connectivity index (χ0v) is 13.0. The topological polar surface area (TPSA) is 61.4 Å². The Morgan fingerprint density at radius 1 is 1.11 bits per heavy atom. The van der Waals surface area contributed by atoms with Crippen LogP contribution in [0.15, 0.2) is 0 Å². The van der Waals surface area contributed by atoms with Gasteiger partial charge in [0.05, 0.1) is 5.75 Å². The molecule has 1 unspecified atom stereocenters. The summed E-state index contributed by atoms with van der Waals surface area (Å²) < 4.78 is 26.3. The normalized spacial score (nSPS) is 14.1. The smallest absolute Gasteiger partial charge is 0.213 e. The predicted octanol–water partition coefficient (Wildman–Crippen LogP) is 0.636. The first-order valence-electron chi connectivity index (χ1n) is 6.88. The molecule has 0 rings (SSSR count). The van der Waals surface area contributed by atoms with Gasteiger partial charge in [-0.2, -0.15) is 0 Å². The minimum Gasteiger partial charge on any atom is -0.316 e. The van der Waals surface area contributed by atoms with E-state index in [0.29, 0.717) is 6.54 Å². The molecule has 5 nitrogen and oxygen atoms in total. The van der Waals surface area contributed by atoms with Crippen LogP contribution in [0.25, 0.3) is 0 Å². The molecule has 0 aliphatic rings. The van der Waals surface area contributed by atoms with Crippen LogP contribution in [-0.2, 0) is 10.0 Å². The molecule has 0 fully saturated rings. The molecule has 1 atom stereocenters. The first-order valence-corrected chi connectivity index (χ1v) is 8.53. The molecule has 2 N–H and O–H groups in total. The second-order valence-corrected chi connectivity index (χ2v) is 6.45. The zero-order chi connectivity index (χ0) is 14.0. The van der Waals surface area contributed by atoms with E-state index >= 15 is 0 Å². The van der Waals surface area contributed by atoms with Crippen molar-refractivity contribution >= 4 is 10.0 Å². The highest BCUT2D eigenvalue weighted by atomic mass is 32.2. The van der Waals surface area contributed by atoms with E-state index in [9.17, 15) is 8.42 Å². The van der Waals surface area contributed by atoms with Crippen molar-refractivity contribution in [3.63, 3.8) is 0 Å². The Kier molecular flexibility index (Phi) is 9.63. The Morgan fingerprint density at radius 3 is 2.22 bits per heavy atom. The molecule has 0 heterocycles. The number of nitrogens with one attached hydrogen (secondary N) is 2. The van der Waals surface area contributed by atoms with Gasteiger partial charge in [0, 0.05) is 19.1 Å². The van der Waals surface area contributed by atoms with Gasteiger partial charge >= 0.3 is 0 Å². The SMILES string of the molecule is CCCNCCS(=O)(=O)NC(C)CN(CC)CC. The standard InChI is InChI=1S/C12H29N3O2S/c1-5-8-13-9-10-18(16,17)14-12(4)11-15(6-2)7-3/h12-14H,5-11H2,1-4H3. The lowest BCUT2D eigenvalue weighted by molar-refractivity contribution is 0.282. The van der Waals surface area contributed by atoms with Gasteiger partial charge in [0.25, 0.3) is 0 Å². The lowest BCUT2D eigenvalue weighted by Crippen LogP contribution is -2.43. The second kappa shape index (κ2) is 9.72. The summed E-state index contributed by atoms with van der Waals surface area (Å²) in [5.74, 6) is 0.148. The third-order valence-electron chi connectivity index (χ3n) is 2.78.